The third-order valence-electron chi connectivity index (χ3n) is 4.20. The average molecular weight is 388 g/mol. The fourth-order valence-electron chi connectivity index (χ4n) is 2.87. The predicted molar refractivity (Wildman–Crippen MR) is 96.8 cm³/mol. The second-order valence-corrected chi connectivity index (χ2v) is 8.55. The molecule has 5 heteroatoms. The maximum Gasteiger partial charge on any atom is 0.0743 e. The maximum absolute atomic E-state index is 6.15. The van der Waals surface area contributed by atoms with Gasteiger partial charge in [0.2, 0.25) is 0 Å². The molecule has 21 heavy (non-hydrogen) atoms. The molecule has 0 saturated carbocycles. The molecule has 2 aromatic rings. The van der Waals surface area contributed by atoms with E-state index in [1.807, 2.05) is 17.4 Å². The summed E-state index contributed by atoms with van der Waals surface area (Å²) in [6.45, 7) is 5.99. The van der Waals surface area contributed by atoms with E-state index in [2.05, 4.69) is 44.9 Å². The molecule has 1 aromatic carbocycles. The van der Waals surface area contributed by atoms with Gasteiger partial charge < -0.3 is 9.80 Å². The molecule has 1 aliphatic rings. The molecule has 1 aliphatic heterocycles. The second kappa shape index (κ2) is 6.97. The first-order valence-electron chi connectivity index (χ1n) is 7.41. The van der Waals surface area contributed by atoms with Gasteiger partial charge in [-0.05, 0) is 71.5 Å². The van der Waals surface area contributed by atoms with Crippen LogP contribution in [0.4, 0.5) is 0 Å². The largest absolute Gasteiger partial charge is 0.304 e. The molecule has 3 rings (SSSR count). The zero-order valence-corrected chi connectivity index (χ0v) is 15.4. The molecule has 0 spiro atoms. The number of halogens is 2. The molecule has 2 nitrogen and oxygen atoms in total. The molecule has 0 aliphatic carbocycles. The summed E-state index contributed by atoms with van der Waals surface area (Å²) in [5, 5.41) is 2.14. The van der Waals surface area contributed by atoms with Crippen molar-refractivity contribution in [3.8, 4) is 0 Å². The molecular formula is C16H20BrClN2S. The molecule has 0 bridgehead atoms. The van der Waals surface area contributed by atoms with Crippen LogP contribution >= 0.6 is 38.9 Å². The highest BCUT2D eigenvalue weighted by Gasteiger charge is 2.14. The minimum Gasteiger partial charge on any atom is -0.304 e. The Kier molecular flexibility index (Phi) is 5.23. The molecular weight excluding hydrogens is 368 g/mol. The highest BCUT2D eigenvalue weighted by atomic mass is 79.9. The van der Waals surface area contributed by atoms with Crippen LogP contribution in [-0.2, 0) is 6.42 Å². The lowest BCUT2D eigenvalue weighted by Gasteiger charge is -2.32. The number of likely N-dealkylation sites (N-methyl/N-ethyl adjacent to an activating group) is 1. The molecule has 0 radical (unpaired) electrons. The highest BCUT2D eigenvalue weighted by molar-refractivity contribution is 9.11. The van der Waals surface area contributed by atoms with E-state index in [-0.39, 0.29) is 0 Å². The van der Waals surface area contributed by atoms with Crippen LogP contribution in [0, 0.1) is 0 Å². The van der Waals surface area contributed by atoms with E-state index < -0.39 is 0 Å². The summed E-state index contributed by atoms with van der Waals surface area (Å²) in [6, 6.07) is 6.20. The molecule has 0 atom stereocenters. The summed E-state index contributed by atoms with van der Waals surface area (Å²) in [6.07, 6.45) is 2.33. The lowest BCUT2D eigenvalue weighted by Crippen LogP contribution is -2.44. The summed E-state index contributed by atoms with van der Waals surface area (Å²) >= 11 is 11.7. The number of hydrogen-bond donors (Lipinski definition) is 0. The van der Waals surface area contributed by atoms with Crippen LogP contribution in [-0.4, -0.2) is 49.6 Å². The Morgan fingerprint density at radius 3 is 2.76 bits per heavy atom. The molecule has 0 N–H and O–H groups in total. The van der Waals surface area contributed by atoms with Crippen LogP contribution in [0.25, 0.3) is 10.1 Å². The first kappa shape index (κ1) is 15.8. The van der Waals surface area contributed by atoms with Crippen molar-refractivity contribution in [2.75, 3.05) is 39.8 Å². The van der Waals surface area contributed by atoms with Crippen LogP contribution in [0.15, 0.2) is 22.0 Å². The SMILES string of the molecule is CN1CCN(CCCc2c(Br)sc3ccc(Cl)cc23)CC1. The zero-order valence-electron chi connectivity index (χ0n) is 12.2. The average Bonchev–Trinajstić information content (AvgIpc) is 2.77. The van der Waals surface area contributed by atoms with Gasteiger partial charge in [0.25, 0.3) is 0 Å². The monoisotopic (exact) mass is 386 g/mol. The number of nitrogens with zero attached hydrogens (tertiary/aromatic N) is 2. The zero-order chi connectivity index (χ0) is 14.8. The van der Waals surface area contributed by atoms with Crippen molar-refractivity contribution in [1.82, 2.24) is 9.80 Å². The quantitative estimate of drug-likeness (QED) is 0.762. The van der Waals surface area contributed by atoms with Gasteiger partial charge in [-0.25, -0.2) is 0 Å². The van der Waals surface area contributed by atoms with E-state index in [1.165, 1.54) is 58.6 Å². The normalized spacial score (nSPS) is 17.7. The van der Waals surface area contributed by atoms with Gasteiger partial charge in [-0.1, -0.05) is 11.6 Å². The standard InChI is InChI=1S/C16H20BrClN2S/c1-19-7-9-20(10-8-19)6-2-3-13-14-11-12(18)4-5-15(14)21-16(13)17/h4-5,11H,2-3,6-10H2,1H3. The topological polar surface area (TPSA) is 6.48 Å². The van der Waals surface area contributed by atoms with Crippen molar-refractivity contribution in [3.63, 3.8) is 0 Å². The Hall–Kier alpha value is -0.130. The number of rotatable bonds is 4. The van der Waals surface area contributed by atoms with Crippen LogP contribution in [0.1, 0.15) is 12.0 Å². The Morgan fingerprint density at radius 1 is 1.24 bits per heavy atom. The molecule has 1 fully saturated rings. The van der Waals surface area contributed by atoms with Gasteiger partial charge in [-0.2, -0.15) is 0 Å². The molecule has 0 unspecified atom stereocenters. The van der Waals surface area contributed by atoms with Crippen LogP contribution in [0.3, 0.4) is 0 Å². The van der Waals surface area contributed by atoms with Gasteiger partial charge in [0, 0.05) is 35.9 Å². The van der Waals surface area contributed by atoms with E-state index >= 15 is 0 Å². The minimum atomic E-state index is 0.827. The van der Waals surface area contributed by atoms with E-state index in [9.17, 15) is 0 Å². The Balaban J connectivity index is 1.62. The van der Waals surface area contributed by atoms with Gasteiger partial charge in [0.05, 0.1) is 3.79 Å². The van der Waals surface area contributed by atoms with Gasteiger partial charge in [-0.15, -0.1) is 11.3 Å². The molecule has 1 saturated heterocycles. The molecule has 1 aromatic heterocycles. The van der Waals surface area contributed by atoms with E-state index in [1.54, 1.807) is 0 Å². The number of fused-ring (bicyclic) bond motifs is 1. The number of thiophene rings is 1. The maximum atomic E-state index is 6.15. The highest BCUT2D eigenvalue weighted by Crippen LogP contribution is 2.37. The van der Waals surface area contributed by atoms with Crippen molar-refractivity contribution < 1.29 is 0 Å². The lowest BCUT2D eigenvalue weighted by atomic mass is 10.1. The summed E-state index contributed by atoms with van der Waals surface area (Å²) in [7, 11) is 2.20. The Bertz CT molecular complexity index is 620. The fourth-order valence-corrected chi connectivity index (χ4v) is 4.94. The number of benzene rings is 1. The predicted octanol–water partition coefficient (Wildman–Crippen LogP) is 4.50. The smallest absolute Gasteiger partial charge is 0.0743 e. The molecule has 0 amide bonds. The van der Waals surface area contributed by atoms with E-state index in [4.69, 9.17) is 11.6 Å². The summed E-state index contributed by atoms with van der Waals surface area (Å²) in [5.41, 5.74) is 1.42. The minimum absolute atomic E-state index is 0.827. The number of hydrogen-bond acceptors (Lipinski definition) is 3. The van der Waals surface area contributed by atoms with Crippen molar-refractivity contribution in [3.05, 3.63) is 32.6 Å². The first-order valence-corrected chi connectivity index (χ1v) is 9.39. The van der Waals surface area contributed by atoms with E-state index in [0.29, 0.717) is 0 Å². The summed E-state index contributed by atoms with van der Waals surface area (Å²) < 4.78 is 2.58. The molecule has 2 heterocycles. The third-order valence-corrected chi connectivity index (χ3v) is 6.40. The van der Waals surface area contributed by atoms with Crippen LogP contribution in [0.2, 0.25) is 5.02 Å². The van der Waals surface area contributed by atoms with Gasteiger partial charge >= 0.3 is 0 Å². The van der Waals surface area contributed by atoms with Gasteiger partial charge in [-0.3, -0.25) is 0 Å². The van der Waals surface area contributed by atoms with Crippen molar-refractivity contribution in [2.45, 2.75) is 12.8 Å². The Labute approximate surface area is 143 Å². The van der Waals surface area contributed by atoms with Crippen molar-refractivity contribution in [1.29, 1.82) is 0 Å². The first-order chi connectivity index (χ1) is 10.1. The second-order valence-electron chi connectivity index (χ2n) is 5.74. The summed E-state index contributed by atoms with van der Waals surface area (Å²) in [4.78, 5) is 4.98. The Morgan fingerprint density at radius 2 is 2.00 bits per heavy atom. The van der Waals surface area contributed by atoms with Gasteiger partial charge in [0.1, 0.15) is 0 Å². The lowest BCUT2D eigenvalue weighted by molar-refractivity contribution is 0.153. The van der Waals surface area contributed by atoms with Crippen molar-refractivity contribution in [2.24, 2.45) is 0 Å². The van der Waals surface area contributed by atoms with Crippen LogP contribution < -0.4 is 0 Å². The number of aryl methyl sites for hydroxylation is 1. The number of piperazine rings is 1. The fraction of sp³-hybridized carbons (Fsp3) is 0.500. The van der Waals surface area contributed by atoms with Gasteiger partial charge in [0.15, 0.2) is 0 Å². The third kappa shape index (κ3) is 3.80. The van der Waals surface area contributed by atoms with Crippen molar-refractivity contribution >= 4 is 49.0 Å². The summed E-state index contributed by atoms with van der Waals surface area (Å²) in [5.74, 6) is 0. The van der Waals surface area contributed by atoms with Crippen LogP contribution in [0.5, 0.6) is 0 Å². The molecule has 114 valence electrons. The van der Waals surface area contributed by atoms with E-state index in [0.717, 1.165) is 11.4 Å².